The predicted octanol–water partition coefficient (Wildman–Crippen LogP) is 4.90. The Morgan fingerprint density at radius 1 is 0.304 bits per heavy atom. The maximum Gasteiger partial charge on any atom is 0.200 e. The molecule has 2 rings (SSSR count). The maximum atomic E-state index is 12.0. The van der Waals surface area contributed by atoms with Gasteiger partial charge in [-0.3, -0.25) is 0 Å². The van der Waals surface area contributed by atoms with Crippen LogP contribution in [0.25, 0.3) is 0 Å². The van der Waals surface area contributed by atoms with Crippen LogP contribution in [-0.2, 0) is 0 Å². The molecule has 0 unspecified atom stereocenters. The molecule has 2 aromatic rings. The Balaban J connectivity index is 0.000000231. The van der Waals surface area contributed by atoms with Crippen molar-refractivity contribution >= 4 is 0 Å². The monoisotopic (exact) mass is 354 g/mol. The van der Waals surface area contributed by atoms with Crippen LogP contribution in [0.4, 0.5) is 48.3 Å². The minimum Gasteiger partial charge on any atom is -0.204 e. The van der Waals surface area contributed by atoms with Gasteiger partial charge in [0.2, 0.25) is 40.7 Å². The molecule has 0 N–H and O–H groups in total. The normalized spacial score (nSPS) is 10.4. The molecule has 0 spiro atoms. The lowest BCUT2D eigenvalue weighted by Gasteiger charge is -1.99. The molecule has 126 valence electrons. The van der Waals surface area contributed by atoms with E-state index in [1.54, 1.807) is 0 Å². The van der Waals surface area contributed by atoms with Gasteiger partial charge in [-0.1, -0.05) is 0 Å². The lowest BCUT2D eigenvalue weighted by Crippen LogP contribution is -2.04. The van der Waals surface area contributed by atoms with Crippen molar-refractivity contribution in [2.45, 2.75) is 0 Å². The highest BCUT2D eigenvalue weighted by Gasteiger charge is 2.25. The number of hydrogen-bond donors (Lipinski definition) is 0. The largest absolute Gasteiger partial charge is 0.204 e. The summed E-state index contributed by atoms with van der Waals surface area (Å²) in [5.74, 6) is -23.9. The fourth-order valence-electron chi connectivity index (χ4n) is 1.12. The van der Waals surface area contributed by atoms with Crippen molar-refractivity contribution in [3.63, 3.8) is 0 Å². The summed E-state index contributed by atoms with van der Waals surface area (Å²) < 4.78 is 132. The molecular formula is C12HF11. The first-order valence-corrected chi connectivity index (χ1v) is 5.16. The van der Waals surface area contributed by atoms with Crippen LogP contribution < -0.4 is 0 Å². The third-order valence-electron chi connectivity index (χ3n) is 2.21. The summed E-state index contributed by atoms with van der Waals surface area (Å²) in [7, 11) is 0. The third-order valence-corrected chi connectivity index (χ3v) is 2.21. The van der Waals surface area contributed by atoms with Crippen molar-refractivity contribution in [1.82, 2.24) is 0 Å². The molecule has 0 heterocycles. The minimum absolute atomic E-state index is 0.0618. The van der Waals surface area contributed by atoms with E-state index in [0.717, 1.165) is 0 Å². The average molecular weight is 354 g/mol. The minimum atomic E-state index is -2.37. The van der Waals surface area contributed by atoms with E-state index in [1.807, 2.05) is 0 Å². The van der Waals surface area contributed by atoms with Crippen molar-refractivity contribution in [3.8, 4) is 0 Å². The highest BCUT2D eigenvalue weighted by molar-refractivity contribution is 5.15. The van der Waals surface area contributed by atoms with Crippen molar-refractivity contribution in [1.29, 1.82) is 0 Å². The van der Waals surface area contributed by atoms with Crippen LogP contribution in [0.15, 0.2) is 6.07 Å². The van der Waals surface area contributed by atoms with Crippen LogP contribution in [0.1, 0.15) is 0 Å². The Kier molecular flexibility index (Phi) is 5.56. The van der Waals surface area contributed by atoms with Gasteiger partial charge in [-0.25, -0.2) is 48.3 Å². The average Bonchev–Trinajstić information content (AvgIpc) is 2.53. The molecule has 0 atom stereocenters. The molecule has 0 nitrogen and oxygen atoms in total. The van der Waals surface area contributed by atoms with E-state index < -0.39 is 64.0 Å². The van der Waals surface area contributed by atoms with Crippen molar-refractivity contribution in [2.75, 3.05) is 0 Å². The zero-order chi connectivity index (χ0) is 18.1. The first-order chi connectivity index (χ1) is 10.5. The van der Waals surface area contributed by atoms with Crippen LogP contribution >= 0.6 is 0 Å². The number of benzene rings is 2. The molecule has 23 heavy (non-hydrogen) atoms. The first kappa shape index (κ1) is 18.7. The predicted molar refractivity (Wildman–Crippen MR) is 52.4 cm³/mol. The molecule has 0 saturated heterocycles. The highest BCUT2D eigenvalue weighted by Crippen LogP contribution is 2.21. The second kappa shape index (κ2) is 6.84. The van der Waals surface area contributed by atoms with E-state index >= 15 is 0 Å². The number of halogens is 11. The van der Waals surface area contributed by atoms with E-state index in [-0.39, 0.29) is 6.07 Å². The molecule has 0 bridgehead atoms. The quantitative estimate of drug-likeness (QED) is 0.359. The van der Waals surface area contributed by atoms with Gasteiger partial charge >= 0.3 is 0 Å². The van der Waals surface area contributed by atoms with Crippen molar-refractivity contribution < 1.29 is 48.3 Å². The topological polar surface area (TPSA) is 0 Å². The zero-order valence-corrected chi connectivity index (χ0v) is 10.2. The Morgan fingerprint density at radius 3 is 0.696 bits per heavy atom. The van der Waals surface area contributed by atoms with Gasteiger partial charge < -0.3 is 0 Å². The maximum absolute atomic E-state index is 12.0. The first-order valence-electron chi connectivity index (χ1n) is 5.16. The van der Waals surface area contributed by atoms with Gasteiger partial charge in [0, 0.05) is 6.07 Å². The van der Waals surface area contributed by atoms with E-state index in [0.29, 0.717) is 0 Å². The summed E-state index contributed by atoms with van der Waals surface area (Å²) in [6.45, 7) is 0. The summed E-state index contributed by atoms with van der Waals surface area (Å²) in [5.41, 5.74) is 0. The lowest BCUT2D eigenvalue weighted by atomic mass is 10.3. The highest BCUT2D eigenvalue weighted by atomic mass is 19.2. The standard InChI is InChI=1S/C6F6.C6HF5/c7-1-2(8)4(10)6(12)5(11)3(1)9;7-2-1-3(8)5(10)6(11)4(2)9/h;1H. The molecule has 2 aromatic carbocycles. The van der Waals surface area contributed by atoms with Gasteiger partial charge in [-0.15, -0.1) is 0 Å². The van der Waals surface area contributed by atoms with Gasteiger partial charge in [-0.2, -0.15) is 0 Å². The van der Waals surface area contributed by atoms with Crippen LogP contribution in [0, 0.1) is 64.0 Å². The lowest BCUT2D eigenvalue weighted by molar-refractivity contribution is 0.334. The molecule has 0 saturated carbocycles. The van der Waals surface area contributed by atoms with Gasteiger partial charge in [0.25, 0.3) is 0 Å². The molecule has 0 aromatic heterocycles. The SMILES string of the molecule is Fc1c(F)c(F)c(F)c(F)c1F.Fc1cc(F)c(F)c(F)c1F. The molecule has 0 amide bonds. The zero-order valence-electron chi connectivity index (χ0n) is 10.2. The Morgan fingerprint density at radius 2 is 0.478 bits per heavy atom. The van der Waals surface area contributed by atoms with E-state index in [9.17, 15) is 48.3 Å². The summed E-state index contributed by atoms with van der Waals surface area (Å²) in [4.78, 5) is 0. The number of hydrogen-bond acceptors (Lipinski definition) is 0. The molecule has 11 heteroatoms. The molecular weight excluding hydrogens is 353 g/mol. The van der Waals surface area contributed by atoms with Gasteiger partial charge in [0.1, 0.15) is 0 Å². The van der Waals surface area contributed by atoms with Crippen LogP contribution in [0.2, 0.25) is 0 Å². The molecule has 0 aliphatic heterocycles. The summed E-state index contributed by atoms with van der Waals surface area (Å²) in [6.07, 6.45) is 0. The summed E-state index contributed by atoms with van der Waals surface area (Å²) in [5, 5.41) is 0. The molecule has 0 aliphatic rings. The van der Waals surface area contributed by atoms with Crippen LogP contribution in [0.3, 0.4) is 0 Å². The van der Waals surface area contributed by atoms with Crippen LogP contribution in [-0.4, -0.2) is 0 Å². The third kappa shape index (κ3) is 3.54. The van der Waals surface area contributed by atoms with E-state index in [1.165, 1.54) is 0 Å². The van der Waals surface area contributed by atoms with E-state index in [4.69, 9.17) is 0 Å². The molecule has 0 aliphatic carbocycles. The van der Waals surface area contributed by atoms with Gasteiger partial charge in [0.05, 0.1) is 0 Å². The molecule has 0 radical (unpaired) electrons. The Labute approximate surface area is 119 Å². The second-order valence-electron chi connectivity index (χ2n) is 3.67. The number of rotatable bonds is 0. The Bertz CT molecular complexity index is 622. The summed E-state index contributed by atoms with van der Waals surface area (Å²) in [6, 6.07) is -0.0618. The van der Waals surface area contributed by atoms with Gasteiger partial charge in [0.15, 0.2) is 23.3 Å². The van der Waals surface area contributed by atoms with Crippen LogP contribution in [0.5, 0.6) is 0 Å². The van der Waals surface area contributed by atoms with Crippen molar-refractivity contribution in [2.24, 2.45) is 0 Å². The van der Waals surface area contributed by atoms with Crippen molar-refractivity contribution in [3.05, 3.63) is 70.1 Å². The summed E-state index contributed by atoms with van der Waals surface area (Å²) >= 11 is 0. The molecule has 0 fully saturated rings. The fourth-order valence-corrected chi connectivity index (χ4v) is 1.12. The fraction of sp³-hybridized carbons (Fsp3) is 0. The van der Waals surface area contributed by atoms with E-state index in [2.05, 4.69) is 0 Å². The second-order valence-corrected chi connectivity index (χ2v) is 3.67. The smallest absolute Gasteiger partial charge is 0.200 e. The Hall–Kier alpha value is -2.33. The van der Waals surface area contributed by atoms with Gasteiger partial charge in [-0.05, 0) is 0 Å².